The lowest BCUT2D eigenvalue weighted by Crippen LogP contribution is -1.40. The van der Waals surface area contributed by atoms with Gasteiger partial charge in [-0.15, -0.1) is 0 Å². The highest BCUT2D eigenvalue weighted by atomic mass is 127. The van der Waals surface area contributed by atoms with Gasteiger partial charge in [-0.05, 0) is 45.2 Å². The van der Waals surface area contributed by atoms with E-state index >= 15 is 0 Å². The van der Waals surface area contributed by atoms with Crippen LogP contribution in [0.25, 0.3) is 0 Å². The van der Waals surface area contributed by atoms with Gasteiger partial charge in [0.15, 0.2) is 0 Å². The highest BCUT2D eigenvalue weighted by Crippen LogP contribution is 1.96. The molecule has 0 heterocycles. The molecule has 24 valence electrons. The molecule has 0 amide bonds. The van der Waals surface area contributed by atoms with E-state index in [0.29, 0.717) is 0 Å². The number of halogens is 2. The molecule has 4 heavy (non-hydrogen) atoms. The monoisotopic (exact) mass is 298 g/mol. The van der Waals surface area contributed by atoms with Crippen LogP contribution in [0.3, 0.4) is 0 Å². The maximum atomic E-state index is 4.51. The average molecular weight is 298 g/mol. The van der Waals surface area contributed by atoms with E-state index in [4.69, 9.17) is 0 Å². The van der Waals surface area contributed by atoms with Gasteiger partial charge in [0.1, 0.15) is 0.878 Å². The lowest BCUT2D eigenvalue weighted by atomic mass is 12.0. The Morgan fingerprint density at radius 1 is 1.50 bits per heavy atom. The summed E-state index contributed by atoms with van der Waals surface area (Å²) >= 11 is 8.63. The fourth-order valence-corrected chi connectivity index (χ4v) is 0. The minimum atomic E-state index is 0.940. The van der Waals surface area contributed by atoms with Gasteiger partial charge in [-0.3, -0.25) is 0 Å². The minimum Gasteiger partial charge on any atom is -0.0657 e. The van der Waals surface area contributed by atoms with Crippen LogP contribution in [0, 0.1) is 0 Å². The summed E-state index contributed by atoms with van der Waals surface area (Å²) in [5.41, 5.74) is 0. The van der Waals surface area contributed by atoms with Crippen molar-refractivity contribution in [1.29, 1.82) is 0 Å². The molecule has 0 aromatic rings. The largest absolute Gasteiger partial charge is 0.114 e. The Morgan fingerprint density at radius 2 is 1.50 bits per heavy atom. The molecule has 0 unspecified atom stereocenters. The van der Waals surface area contributed by atoms with Crippen molar-refractivity contribution in [3.8, 4) is 0 Å². The lowest BCUT2D eigenvalue weighted by Gasteiger charge is -1.54. The molecule has 0 aliphatic carbocycles. The summed E-state index contributed by atoms with van der Waals surface area (Å²) in [4.78, 5) is 0. The van der Waals surface area contributed by atoms with E-state index < -0.39 is 0 Å². The average Bonchev–Trinajstić information content (AvgIpc) is 0.811. The standard InChI is InChI=1S/CI2S/c2-1(3)4. The van der Waals surface area contributed by atoms with Crippen LogP contribution in [-0.2, 0) is 0 Å². The predicted molar refractivity (Wildman–Crippen MR) is 40.6 cm³/mol. The van der Waals surface area contributed by atoms with E-state index in [1.54, 1.807) is 0 Å². The summed E-state index contributed by atoms with van der Waals surface area (Å²) in [5, 5.41) is 0. The van der Waals surface area contributed by atoms with Crippen molar-refractivity contribution in [1.82, 2.24) is 0 Å². The van der Waals surface area contributed by atoms with Crippen LogP contribution < -0.4 is 0 Å². The third-order valence-corrected chi connectivity index (χ3v) is 0. The van der Waals surface area contributed by atoms with Gasteiger partial charge < -0.3 is 0 Å². The third-order valence-electron chi connectivity index (χ3n) is 0. The van der Waals surface area contributed by atoms with E-state index in [1.807, 2.05) is 0 Å². The Bertz CT molecular complexity index is 29.0. The molecule has 0 atom stereocenters. The SMILES string of the molecule is S=C(I)I. The Morgan fingerprint density at radius 3 is 1.50 bits per heavy atom. The zero-order valence-electron chi connectivity index (χ0n) is 1.66. The number of hydrogen-bond donors (Lipinski definition) is 0. The predicted octanol–water partition coefficient (Wildman–Crippen LogP) is 2.14. The van der Waals surface area contributed by atoms with E-state index in [-0.39, 0.29) is 0 Å². The van der Waals surface area contributed by atoms with E-state index in [2.05, 4.69) is 57.4 Å². The normalized spacial score (nSPS) is 6.50. The maximum Gasteiger partial charge on any atom is 0.114 e. The van der Waals surface area contributed by atoms with Crippen molar-refractivity contribution in [3.63, 3.8) is 0 Å². The van der Waals surface area contributed by atoms with Crippen LogP contribution in [0.1, 0.15) is 0 Å². The molecule has 0 aromatic heterocycles. The summed E-state index contributed by atoms with van der Waals surface area (Å²) < 4.78 is 0.940. The molecule has 0 spiro atoms. The molecule has 0 saturated carbocycles. The van der Waals surface area contributed by atoms with Gasteiger partial charge in [0.25, 0.3) is 0 Å². The second kappa shape index (κ2) is 2.77. The summed E-state index contributed by atoms with van der Waals surface area (Å²) in [5.74, 6) is 0. The van der Waals surface area contributed by atoms with Gasteiger partial charge in [-0.2, -0.15) is 0 Å². The van der Waals surface area contributed by atoms with E-state index in [1.165, 1.54) is 0 Å². The fourth-order valence-electron chi connectivity index (χ4n) is 0. The fraction of sp³-hybridized carbons (Fsp3) is 0. The summed E-state index contributed by atoms with van der Waals surface area (Å²) in [6, 6.07) is 0. The molecular weight excluding hydrogens is 298 g/mol. The molecule has 0 fully saturated rings. The quantitative estimate of drug-likeness (QED) is 0.375. The Balaban J connectivity index is 2.80. The highest BCUT2D eigenvalue weighted by molar-refractivity contribution is 14.2. The van der Waals surface area contributed by atoms with Gasteiger partial charge >= 0.3 is 0 Å². The molecule has 3 heteroatoms. The van der Waals surface area contributed by atoms with Crippen molar-refractivity contribution in [3.05, 3.63) is 0 Å². The molecule has 0 N–H and O–H groups in total. The van der Waals surface area contributed by atoms with Gasteiger partial charge in [-0.25, -0.2) is 0 Å². The molecular formula is CI2S. The Labute approximate surface area is 57.6 Å². The van der Waals surface area contributed by atoms with Crippen LogP contribution in [0.4, 0.5) is 0 Å². The Hall–Kier alpha value is 1.55. The number of rotatable bonds is 0. The van der Waals surface area contributed by atoms with Crippen molar-refractivity contribution in [2.24, 2.45) is 0 Å². The van der Waals surface area contributed by atoms with Crippen LogP contribution >= 0.6 is 57.4 Å². The van der Waals surface area contributed by atoms with Crippen molar-refractivity contribution < 1.29 is 0 Å². The molecule has 0 aliphatic rings. The van der Waals surface area contributed by atoms with Gasteiger partial charge in [0, 0.05) is 0 Å². The van der Waals surface area contributed by atoms with E-state index in [9.17, 15) is 0 Å². The van der Waals surface area contributed by atoms with Gasteiger partial charge in [0.05, 0.1) is 0 Å². The first-order valence-corrected chi connectivity index (χ1v) is 3.15. The highest BCUT2D eigenvalue weighted by Gasteiger charge is 1.62. The van der Waals surface area contributed by atoms with Crippen LogP contribution in [0.2, 0.25) is 0 Å². The first-order valence-electron chi connectivity index (χ1n) is 0.582. The summed E-state index contributed by atoms with van der Waals surface area (Å²) in [6.45, 7) is 0. The second-order valence-electron chi connectivity index (χ2n) is 0.226. The molecule has 0 rings (SSSR count). The second-order valence-corrected chi connectivity index (χ2v) is 6.32. The van der Waals surface area contributed by atoms with Crippen LogP contribution in [0.5, 0.6) is 0 Å². The number of hydrogen-bond acceptors (Lipinski definition) is 1. The molecule has 0 radical (unpaired) electrons. The minimum absolute atomic E-state index is 0.940. The third kappa shape index (κ3) is 9.61. The Kier molecular flexibility index (Phi) is 3.84. The van der Waals surface area contributed by atoms with Crippen molar-refractivity contribution in [2.75, 3.05) is 0 Å². The summed E-state index contributed by atoms with van der Waals surface area (Å²) in [7, 11) is 0. The van der Waals surface area contributed by atoms with Gasteiger partial charge in [0.2, 0.25) is 0 Å². The van der Waals surface area contributed by atoms with Crippen molar-refractivity contribution >= 4 is 58.3 Å². The molecule has 0 bridgehead atoms. The van der Waals surface area contributed by atoms with Gasteiger partial charge in [-0.1, -0.05) is 12.2 Å². The lowest BCUT2D eigenvalue weighted by molar-refractivity contribution is 4.63. The smallest absolute Gasteiger partial charge is 0.0657 e. The zero-order chi connectivity index (χ0) is 3.58. The topological polar surface area (TPSA) is 0 Å². The van der Waals surface area contributed by atoms with E-state index in [0.717, 1.165) is 0.878 Å². The van der Waals surface area contributed by atoms with Crippen LogP contribution in [0.15, 0.2) is 0 Å². The molecule has 0 aromatic carbocycles. The van der Waals surface area contributed by atoms with Crippen LogP contribution in [-0.4, -0.2) is 0.878 Å². The maximum absolute atomic E-state index is 4.51. The zero-order valence-corrected chi connectivity index (χ0v) is 6.80. The summed E-state index contributed by atoms with van der Waals surface area (Å²) in [6.07, 6.45) is 0. The number of thiocarbonyl (C=S) groups is 1. The van der Waals surface area contributed by atoms with Crippen molar-refractivity contribution in [2.45, 2.75) is 0 Å². The first kappa shape index (κ1) is 5.55. The molecule has 0 aliphatic heterocycles. The molecule has 0 nitrogen and oxygen atoms in total. The molecule has 0 saturated heterocycles. The first-order chi connectivity index (χ1) is 1.73.